The van der Waals surface area contributed by atoms with Gasteiger partial charge >= 0.3 is 11.9 Å². The fourth-order valence-corrected chi connectivity index (χ4v) is 1.95. The molecule has 0 aliphatic rings. The Labute approximate surface area is 126 Å². The summed E-state index contributed by atoms with van der Waals surface area (Å²) in [6, 6.07) is 7.03. The van der Waals surface area contributed by atoms with Crippen LogP contribution in [0, 0.1) is 21.4 Å². The average Bonchev–Trinajstić information content (AvgIpc) is 2.53. The van der Waals surface area contributed by atoms with E-state index in [1.807, 2.05) is 6.07 Å². The van der Waals surface area contributed by atoms with Crippen LogP contribution in [-0.4, -0.2) is 31.1 Å². The van der Waals surface area contributed by atoms with Crippen molar-refractivity contribution in [1.29, 1.82) is 5.26 Å². The van der Waals surface area contributed by atoms with Gasteiger partial charge in [-0.15, -0.1) is 0 Å². The van der Waals surface area contributed by atoms with Crippen molar-refractivity contribution in [3.8, 4) is 6.07 Å². The molecule has 116 valence electrons. The number of non-ortho nitro benzene ring substituents is 1. The molecule has 1 aromatic rings. The maximum absolute atomic E-state index is 11.6. The Balaban J connectivity index is 3.28. The highest BCUT2D eigenvalue weighted by Crippen LogP contribution is 2.33. The molecule has 1 aromatic carbocycles. The van der Waals surface area contributed by atoms with Gasteiger partial charge < -0.3 is 9.47 Å². The van der Waals surface area contributed by atoms with E-state index in [1.54, 1.807) is 0 Å². The number of esters is 2. The van der Waals surface area contributed by atoms with Gasteiger partial charge in [0.2, 0.25) is 0 Å². The maximum atomic E-state index is 11.6. The zero-order valence-electron chi connectivity index (χ0n) is 12.1. The Morgan fingerprint density at radius 1 is 1.18 bits per heavy atom. The summed E-state index contributed by atoms with van der Waals surface area (Å²) in [5.74, 6) is -1.35. The fourth-order valence-electron chi connectivity index (χ4n) is 1.95. The van der Waals surface area contributed by atoms with Crippen molar-refractivity contribution in [2.24, 2.45) is 0 Å². The van der Waals surface area contributed by atoms with Gasteiger partial charge in [-0.05, 0) is 5.56 Å². The number of carbonyl (C=O) groups is 2. The molecule has 0 atom stereocenters. The molecule has 0 bridgehead atoms. The fraction of sp³-hybridized carbons (Fsp3) is 0.357. The van der Waals surface area contributed by atoms with E-state index in [9.17, 15) is 25.0 Å². The van der Waals surface area contributed by atoms with Crippen molar-refractivity contribution in [1.82, 2.24) is 0 Å². The number of hydrogen-bond donors (Lipinski definition) is 0. The summed E-state index contributed by atoms with van der Waals surface area (Å²) in [6.45, 7) is 0. The van der Waals surface area contributed by atoms with Crippen LogP contribution >= 0.6 is 0 Å². The number of nitriles is 1. The van der Waals surface area contributed by atoms with Crippen LogP contribution in [0.2, 0.25) is 0 Å². The molecule has 0 fully saturated rings. The molecule has 0 amide bonds. The zero-order valence-corrected chi connectivity index (χ0v) is 12.1. The van der Waals surface area contributed by atoms with E-state index in [4.69, 9.17) is 0 Å². The number of ether oxygens (including phenoxy) is 2. The molecule has 8 nitrogen and oxygen atoms in total. The first-order chi connectivity index (χ1) is 10.4. The first-order valence-corrected chi connectivity index (χ1v) is 6.18. The molecular weight excluding hydrogens is 292 g/mol. The highest BCUT2D eigenvalue weighted by molar-refractivity contribution is 5.77. The lowest BCUT2D eigenvalue weighted by Crippen LogP contribution is -2.31. The van der Waals surface area contributed by atoms with Crippen LogP contribution in [0.1, 0.15) is 18.4 Å². The van der Waals surface area contributed by atoms with Crippen LogP contribution in [0.5, 0.6) is 0 Å². The maximum Gasteiger partial charge on any atom is 0.307 e. The van der Waals surface area contributed by atoms with Crippen molar-refractivity contribution < 1.29 is 24.0 Å². The predicted octanol–water partition coefficient (Wildman–Crippen LogP) is 1.48. The lowest BCUT2D eigenvalue weighted by Gasteiger charge is -2.24. The average molecular weight is 306 g/mol. The second-order valence-corrected chi connectivity index (χ2v) is 4.50. The number of nitro benzene ring substituents is 1. The van der Waals surface area contributed by atoms with Crippen LogP contribution in [0.25, 0.3) is 0 Å². The summed E-state index contributed by atoms with van der Waals surface area (Å²) < 4.78 is 9.11. The van der Waals surface area contributed by atoms with Crippen LogP contribution in [0.4, 0.5) is 5.69 Å². The van der Waals surface area contributed by atoms with Gasteiger partial charge in [0.1, 0.15) is 5.41 Å². The summed E-state index contributed by atoms with van der Waals surface area (Å²) in [5, 5.41) is 20.2. The topological polar surface area (TPSA) is 120 Å². The van der Waals surface area contributed by atoms with Crippen LogP contribution in [-0.2, 0) is 24.5 Å². The zero-order chi connectivity index (χ0) is 16.8. The van der Waals surface area contributed by atoms with Crippen molar-refractivity contribution in [2.45, 2.75) is 18.3 Å². The number of carbonyl (C=O) groups excluding carboxylic acids is 2. The third-order valence-electron chi connectivity index (χ3n) is 3.19. The molecule has 0 saturated carbocycles. The third-order valence-corrected chi connectivity index (χ3v) is 3.19. The monoisotopic (exact) mass is 306 g/mol. The van der Waals surface area contributed by atoms with Gasteiger partial charge in [-0.25, -0.2) is 0 Å². The van der Waals surface area contributed by atoms with Crippen molar-refractivity contribution >= 4 is 17.6 Å². The largest absolute Gasteiger partial charge is 0.469 e. The number of hydrogen-bond acceptors (Lipinski definition) is 7. The second-order valence-electron chi connectivity index (χ2n) is 4.50. The van der Waals surface area contributed by atoms with Gasteiger partial charge in [0.05, 0.1) is 38.1 Å². The summed E-state index contributed by atoms with van der Waals surface area (Å²) in [7, 11) is 2.33. The van der Waals surface area contributed by atoms with Crippen molar-refractivity contribution in [3.63, 3.8) is 0 Å². The lowest BCUT2D eigenvalue weighted by atomic mass is 9.76. The van der Waals surface area contributed by atoms with Crippen LogP contribution < -0.4 is 0 Å². The molecule has 0 spiro atoms. The van der Waals surface area contributed by atoms with E-state index in [-0.39, 0.29) is 18.5 Å². The van der Waals surface area contributed by atoms with Gasteiger partial charge in [-0.3, -0.25) is 19.7 Å². The Morgan fingerprint density at radius 3 is 1.95 bits per heavy atom. The van der Waals surface area contributed by atoms with Gasteiger partial charge in [-0.1, -0.05) is 12.1 Å². The molecule has 8 heteroatoms. The normalized spacial score (nSPS) is 10.4. The molecular formula is C14H14N2O6. The molecule has 22 heavy (non-hydrogen) atoms. The predicted molar refractivity (Wildman–Crippen MR) is 73.7 cm³/mol. The minimum absolute atomic E-state index is 0.160. The molecule has 0 unspecified atom stereocenters. The quantitative estimate of drug-likeness (QED) is 0.443. The van der Waals surface area contributed by atoms with E-state index in [1.165, 1.54) is 38.5 Å². The minimum atomic E-state index is -1.50. The molecule has 0 saturated heterocycles. The number of benzene rings is 1. The van der Waals surface area contributed by atoms with E-state index >= 15 is 0 Å². The van der Waals surface area contributed by atoms with Gasteiger partial charge in [-0.2, -0.15) is 5.26 Å². The smallest absolute Gasteiger partial charge is 0.307 e. The standard InChI is InChI=1S/C14H14N2O6/c1-21-12(17)7-14(9-15,8-13(18)22-2)10-3-5-11(6-4-10)16(19)20/h3-6H,7-8H2,1-2H3. The third kappa shape index (κ3) is 3.79. The molecule has 0 aliphatic carbocycles. The summed E-state index contributed by atoms with van der Waals surface area (Å²) in [6.07, 6.45) is -0.736. The highest BCUT2D eigenvalue weighted by atomic mass is 16.6. The van der Waals surface area contributed by atoms with Gasteiger partial charge in [0.15, 0.2) is 0 Å². The second kappa shape index (κ2) is 7.17. The molecule has 0 heterocycles. The van der Waals surface area contributed by atoms with E-state index in [0.29, 0.717) is 5.56 Å². The summed E-state index contributed by atoms with van der Waals surface area (Å²) >= 11 is 0. The van der Waals surface area contributed by atoms with Crippen LogP contribution in [0.3, 0.4) is 0 Å². The number of methoxy groups -OCH3 is 2. The van der Waals surface area contributed by atoms with Crippen molar-refractivity contribution in [3.05, 3.63) is 39.9 Å². The number of nitro groups is 1. The minimum Gasteiger partial charge on any atom is -0.469 e. The Bertz CT molecular complexity index is 599. The summed E-state index contributed by atoms with van der Waals surface area (Å²) in [4.78, 5) is 33.2. The number of nitrogens with zero attached hydrogens (tertiary/aromatic N) is 2. The Kier molecular flexibility index (Phi) is 5.57. The van der Waals surface area contributed by atoms with Crippen molar-refractivity contribution in [2.75, 3.05) is 14.2 Å². The Hall–Kier alpha value is -2.95. The number of rotatable bonds is 6. The summed E-state index contributed by atoms with van der Waals surface area (Å²) in [5.41, 5.74) is -1.36. The first kappa shape index (κ1) is 17.1. The van der Waals surface area contributed by atoms with E-state index in [0.717, 1.165) is 0 Å². The molecule has 0 aromatic heterocycles. The van der Waals surface area contributed by atoms with E-state index < -0.39 is 22.3 Å². The SMILES string of the molecule is COC(=O)CC(C#N)(CC(=O)OC)c1ccc([N+](=O)[O-])cc1. The van der Waals surface area contributed by atoms with Crippen LogP contribution in [0.15, 0.2) is 24.3 Å². The van der Waals surface area contributed by atoms with Gasteiger partial charge in [0, 0.05) is 12.1 Å². The van der Waals surface area contributed by atoms with E-state index in [2.05, 4.69) is 9.47 Å². The first-order valence-electron chi connectivity index (χ1n) is 6.18. The molecule has 1 rings (SSSR count). The van der Waals surface area contributed by atoms with Gasteiger partial charge in [0.25, 0.3) is 5.69 Å². The lowest BCUT2D eigenvalue weighted by molar-refractivity contribution is -0.384. The molecule has 0 aliphatic heterocycles. The molecule has 0 radical (unpaired) electrons. The Morgan fingerprint density at radius 2 is 1.64 bits per heavy atom. The molecule has 0 N–H and O–H groups in total. The highest BCUT2D eigenvalue weighted by Gasteiger charge is 2.38.